The van der Waals surface area contributed by atoms with Crippen LogP contribution in [0.1, 0.15) is 116 Å². The van der Waals surface area contributed by atoms with Crippen LogP contribution in [0.5, 0.6) is 0 Å². The molecule has 0 heterocycles. The van der Waals surface area contributed by atoms with Gasteiger partial charge in [0.1, 0.15) is 6.10 Å². The molecule has 4 rings (SSSR count). The molecule has 4 aliphatic carbocycles. The molecule has 28 heavy (non-hydrogen) atoms. The largest absolute Gasteiger partial charge is 0.396 e. The monoisotopic (exact) mass is 391 g/mol. The molecule has 2 atom stereocenters. The maximum absolute atomic E-state index is 10.1. The van der Waals surface area contributed by atoms with E-state index < -0.39 is 0 Å². The Morgan fingerprint density at radius 2 is 1.32 bits per heavy atom. The zero-order valence-corrected chi connectivity index (χ0v) is 18.0. The molecule has 0 aromatic carbocycles. The second kappa shape index (κ2) is 10.3. The van der Waals surface area contributed by atoms with Crippen molar-refractivity contribution in [2.45, 2.75) is 134 Å². The lowest BCUT2D eigenvalue weighted by Gasteiger charge is -2.51. The summed E-state index contributed by atoms with van der Waals surface area (Å²) in [6, 6.07) is 0. The Morgan fingerprint density at radius 1 is 0.750 bits per heavy atom. The second-order valence-electron chi connectivity index (χ2n) is 10.3. The molecule has 0 aliphatic heterocycles. The van der Waals surface area contributed by atoms with Gasteiger partial charge in [-0.2, -0.15) is 0 Å². The molecule has 4 saturated carbocycles. The fraction of sp³-hybridized carbons (Fsp3) is 0.960. The zero-order valence-electron chi connectivity index (χ0n) is 18.0. The van der Waals surface area contributed by atoms with Crippen LogP contribution in [0.25, 0.3) is 0 Å². The van der Waals surface area contributed by atoms with Crippen LogP contribution in [0.15, 0.2) is 0 Å². The average molecular weight is 392 g/mol. The minimum atomic E-state index is 0.119. The van der Waals surface area contributed by atoms with Crippen molar-refractivity contribution in [3.8, 4) is 0 Å². The highest BCUT2D eigenvalue weighted by atomic mass is 16.6. The number of hydrogen-bond donors (Lipinski definition) is 1. The third-order valence-corrected chi connectivity index (χ3v) is 8.12. The van der Waals surface area contributed by atoms with Crippen molar-refractivity contribution in [2.24, 2.45) is 11.3 Å². The van der Waals surface area contributed by atoms with E-state index in [1.54, 1.807) is 0 Å². The van der Waals surface area contributed by atoms with Gasteiger partial charge in [0.25, 0.3) is 0 Å². The molecule has 161 valence electrons. The molecule has 1 radical (unpaired) electrons. The lowest BCUT2D eigenvalue weighted by Crippen LogP contribution is -2.49. The molecular weight excluding hydrogens is 348 g/mol. The smallest absolute Gasteiger partial charge is 0.132 e. The van der Waals surface area contributed by atoms with E-state index in [0.29, 0.717) is 24.7 Å². The van der Waals surface area contributed by atoms with Gasteiger partial charge < -0.3 is 14.6 Å². The van der Waals surface area contributed by atoms with Gasteiger partial charge in [0.2, 0.25) is 0 Å². The van der Waals surface area contributed by atoms with Gasteiger partial charge >= 0.3 is 0 Å². The number of rotatable bonds is 5. The van der Waals surface area contributed by atoms with Crippen molar-refractivity contribution in [1.82, 2.24) is 0 Å². The highest BCUT2D eigenvalue weighted by Crippen LogP contribution is 2.55. The van der Waals surface area contributed by atoms with E-state index in [0.717, 1.165) is 12.8 Å². The average Bonchev–Trinajstić information content (AvgIpc) is 2.98. The van der Waals surface area contributed by atoms with Crippen molar-refractivity contribution in [1.29, 1.82) is 0 Å². The summed E-state index contributed by atoms with van der Waals surface area (Å²) in [7, 11) is 0. The Labute approximate surface area is 172 Å². The number of ether oxygens (including phenoxy) is 2. The summed E-state index contributed by atoms with van der Waals surface area (Å²) >= 11 is 0. The van der Waals surface area contributed by atoms with E-state index in [1.165, 1.54) is 109 Å². The van der Waals surface area contributed by atoms with Crippen LogP contribution in [-0.4, -0.2) is 30.0 Å². The van der Waals surface area contributed by atoms with Crippen LogP contribution in [0.3, 0.4) is 0 Å². The lowest BCUT2D eigenvalue weighted by molar-refractivity contribution is -0.151. The van der Waals surface area contributed by atoms with E-state index in [-0.39, 0.29) is 11.5 Å². The first-order valence-corrected chi connectivity index (χ1v) is 12.6. The standard InChI is InChI=1S/C25H43O3/c26-19-20-17-23(27-21-11-5-3-6-12-21)24(28-22-13-7-4-8-14-22)25(18-20)15-9-1-2-10-16-25/h20-23,26H,1-19H2. The number of aliphatic hydroxyl groups is 1. The Hall–Kier alpha value is -0.120. The molecule has 2 unspecified atom stereocenters. The molecule has 3 heteroatoms. The fourth-order valence-electron chi connectivity index (χ4n) is 6.60. The van der Waals surface area contributed by atoms with E-state index in [2.05, 4.69) is 0 Å². The van der Waals surface area contributed by atoms with Gasteiger partial charge in [0.05, 0.1) is 18.3 Å². The van der Waals surface area contributed by atoms with Crippen molar-refractivity contribution in [2.75, 3.05) is 6.61 Å². The Bertz CT molecular complexity index is 445. The van der Waals surface area contributed by atoms with Gasteiger partial charge in [-0.15, -0.1) is 0 Å². The summed E-state index contributed by atoms with van der Waals surface area (Å²) < 4.78 is 13.8. The molecule has 1 N–H and O–H groups in total. The second-order valence-corrected chi connectivity index (χ2v) is 10.3. The lowest BCUT2D eigenvalue weighted by atomic mass is 9.62. The van der Waals surface area contributed by atoms with Crippen molar-refractivity contribution < 1.29 is 14.6 Å². The summed E-state index contributed by atoms with van der Waals surface area (Å²) in [6.45, 7) is 0.309. The van der Waals surface area contributed by atoms with Crippen LogP contribution in [-0.2, 0) is 9.47 Å². The summed E-state index contributed by atoms with van der Waals surface area (Å²) in [4.78, 5) is 0. The Morgan fingerprint density at radius 3 is 1.93 bits per heavy atom. The van der Waals surface area contributed by atoms with Gasteiger partial charge in [-0.3, -0.25) is 0 Å². The van der Waals surface area contributed by atoms with Gasteiger partial charge in [-0.25, -0.2) is 0 Å². The highest BCUT2D eigenvalue weighted by molar-refractivity contribution is 5.12. The summed E-state index contributed by atoms with van der Waals surface area (Å²) in [5.74, 6) is 0.380. The van der Waals surface area contributed by atoms with E-state index in [4.69, 9.17) is 9.47 Å². The summed E-state index contributed by atoms with van der Waals surface area (Å²) in [5.41, 5.74) is 0.166. The van der Waals surface area contributed by atoms with Gasteiger partial charge in [0.15, 0.2) is 0 Å². The predicted molar refractivity (Wildman–Crippen MR) is 113 cm³/mol. The minimum absolute atomic E-state index is 0.119. The number of aliphatic hydroxyl groups excluding tert-OH is 1. The predicted octanol–water partition coefficient (Wildman–Crippen LogP) is 6.33. The van der Waals surface area contributed by atoms with Crippen LogP contribution in [0, 0.1) is 17.4 Å². The molecule has 4 fully saturated rings. The van der Waals surface area contributed by atoms with Crippen LogP contribution in [0.2, 0.25) is 0 Å². The molecule has 0 aromatic heterocycles. The topological polar surface area (TPSA) is 38.7 Å². The van der Waals surface area contributed by atoms with Gasteiger partial charge in [0, 0.05) is 12.0 Å². The maximum Gasteiger partial charge on any atom is 0.132 e. The fourth-order valence-corrected chi connectivity index (χ4v) is 6.60. The molecule has 0 saturated heterocycles. The molecule has 1 spiro atoms. The maximum atomic E-state index is 10.1. The molecule has 4 aliphatic rings. The number of hydrogen-bond acceptors (Lipinski definition) is 3. The van der Waals surface area contributed by atoms with Crippen molar-refractivity contribution >= 4 is 0 Å². The SMILES string of the molecule is OCC1CC(OC2CCCCC2)[C](OC2CCCCC2)C2(CCCCCC2)C1. The van der Waals surface area contributed by atoms with Crippen LogP contribution < -0.4 is 0 Å². The molecule has 0 amide bonds. The first-order chi connectivity index (χ1) is 13.8. The van der Waals surface area contributed by atoms with E-state index in [9.17, 15) is 5.11 Å². The molecule has 0 aromatic rings. The van der Waals surface area contributed by atoms with Crippen LogP contribution >= 0.6 is 0 Å². The van der Waals surface area contributed by atoms with E-state index in [1.807, 2.05) is 0 Å². The third kappa shape index (κ3) is 5.13. The van der Waals surface area contributed by atoms with E-state index >= 15 is 0 Å². The van der Waals surface area contributed by atoms with Crippen LogP contribution in [0.4, 0.5) is 0 Å². The van der Waals surface area contributed by atoms with Crippen molar-refractivity contribution in [3.05, 3.63) is 6.10 Å². The quantitative estimate of drug-likeness (QED) is 0.595. The summed E-state index contributed by atoms with van der Waals surface area (Å²) in [5, 5.41) is 10.1. The highest BCUT2D eigenvalue weighted by Gasteiger charge is 2.52. The first-order valence-electron chi connectivity index (χ1n) is 12.6. The Balaban J connectivity index is 1.55. The molecule has 3 nitrogen and oxygen atoms in total. The molecular formula is C25H43O3. The minimum Gasteiger partial charge on any atom is -0.396 e. The third-order valence-electron chi connectivity index (χ3n) is 8.12. The van der Waals surface area contributed by atoms with Gasteiger partial charge in [-0.1, -0.05) is 64.2 Å². The zero-order chi connectivity index (χ0) is 19.2. The normalized spacial score (nSPS) is 33.8. The van der Waals surface area contributed by atoms with Gasteiger partial charge in [-0.05, 0) is 57.3 Å². The summed E-state index contributed by atoms with van der Waals surface area (Å²) in [6.07, 6.45) is 25.0. The Kier molecular flexibility index (Phi) is 7.74. The van der Waals surface area contributed by atoms with Crippen molar-refractivity contribution in [3.63, 3.8) is 0 Å². The first kappa shape index (κ1) is 21.1. The molecule has 0 bridgehead atoms.